The molecule has 0 spiro atoms. The lowest BCUT2D eigenvalue weighted by molar-refractivity contribution is -0.160. The lowest BCUT2D eigenvalue weighted by Gasteiger charge is -2.38. The van der Waals surface area contributed by atoms with Gasteiger partial charge in [-0.3, -0.25) is 9.59 Å². The maximum atomic E-state index is 13.5. The van der Waals surface area contributed by atoms with Crippen LogP contribution in [0.4, 0.5) is 8.78 Å². The number of ketones is 1. The fourth-order valence-electron chi connectivity index (χ4n) is 3.04. The number of esters is 1. The Morgan fingerprint density at radius 2 is 2.04 bits per heavy atom. The first-order valence-electron chi connectivity index (χ1n) is 8.13. The molecule has 1 aromatic rings. The Bertz CT molecular complexity index is 844. The number of halogens is 2. The van der Waals surface area contributed by atoms with E-state index in [0.717, 1.165) is 12.1 Å². The Balaban J connectivity index is 2.02. The summed E-state index contributed by atoms with van der Waals surface area (Å²) in [5, 5.41) is 10.5. The minimum atomic E-state index is -1.41. The largest absolute Gasteiger partial charge is 0.465 e. The summed E-state index contributed by atoms with van der Waals surface area (Å²) in [6, 6.07) is 3.36. The van der Waals surface area contributed by atoms with Crippen LogP contribution in [0.3, 0.4) is 0 Å². The Morgan fingerprint density at radius 1 is 1.27 bits per heavy atom. The number of hydrogen-bond donors (Lipinski definition) is 1. The van der Waals surface area contributed by atoms with Crippen molar-refractivity contribution in [3.8, 4) is 0 Å². The molecule has 0 radical (unpaired) electrons. The van der Waals surface area contributed by atoms with Crippen molar-refractivity contribution in [2.45, 2.75) is 19.6 Å². The number of allylic oxidation sites excluding steroid dienone is 4. The van der Waals surface area contributed by atoms with Crippen LogP contribution in [-0.4, -0.2) is 34.6 Å². The number of aliphatic hydroxyl groups is 1. The quantitative estimate of drug-likeness (QED) is 0.658. The number of carbonyl (C=O) groups excluding carboxylic acids is 2. The number of fused-ring (bicyclic) bond motifs is 1. The van der Waals surface area contributed by atoms with E-state index in [1.807, 2.05) is 0 Å². The summed E-state index contributed by atoms with van der Waals surface area (Å²) in [5.41, 5.74) is 1.01. The molecule has 0 saturated carbocycles. The van der Waals surface area contributed by atoms with Crippen LogP contribution in [0.5, 0.6) is 0 Å². The highest BCUT2D eigenvalue weighted by atomic mass is 19.2. The number of hydrogen-bond acceptors (Lipinski definition) is 5. The minimum Gasteiger partial charge on any atom is -0.465 e. The zero-order valence-corrected chi connectivity index (χ0v) is 14.0. The monoisotopic (exact) mass is 361 g/mol. The van der Waals surface area contributed by atoms with Gasteiger partial charge in [0.1, 0.15) is 0 Å². The van der Waals surface area contributed by atoms with Crippen LogP contribution < -0.4 is 0 Å². The topological polar surface area (TPSA) is 66.8 Å². The van der Waals surface area contributed by atoms with Gasteiger partial charge in [0, 0.05) is 18.2 Å². The summed E-state index contributed by atoms with van der Waals surface area (Å²) < 4.78 is 31.6. The van der Waals surface area contributed by atoms with Gasteiger partial charge in [-0.2, -0.15) is 0 Å². The normalized spacial score (nSPS) is 21.8. The number of rotatable bonds is 4. The Labute approximate surface area is 148 Å². The van der Waals surface area contributed by atoms with Crippen molar-refractivity contribution in [1.82, 2.24) is 4.90 Å². The zero-order chi connectivity index (χ0) is 18.8. The van der Waals surface area contributed by atoms with E-state index in [-0.39, 0.29) is 18.6 Å². The van der Waals surface area contributed by atoms with Crippen LogP contribution in [0, 0.1) is 17.6 Å². The van der Waals surface area contributed by atoms with E-state index in [0.29, 0.717) is 11.3 Å². The third-order valence-electron chi connectivity index (χ3n) is 4.27. The van der Waals surface area contributed by atoms with Crippen LogP contribution in [-0.2, 0) is 20.7 Å². The molecule has 2 aliphatic rings. The molecule has 7 heteroatoms. The molecule has 136 valence electrons. The fourth-order valence-corrected chi connectivity index (χ4v) is 3.04. The number of carbonyl (C=O) groups is 2. The fraction of sp³-hybridized carbons (Fsp3) is 0.263. The molecule has 5 nitrogen and oxygen atoms in total. The lowest BCUT2D eigenvalue weighted by Crippen LogP contribution is -2.50. The highest BCUT2D eigenvalue weighted by Gasteiger charge is 2.45. The Morgan fingerprint density at radius 3 is 2.73 bits per heavy atom. The molecule has 0 saturated heterocycles. The van der Waals surface area contributed by atoms with E-state index in [4.69, 9.17) is 4.74 Å². The molecule has 2 aliphatic heterocycles. The second-order valence-corrected chi connectivity index (χ2v) is 5.90. The van der Waals surface area contributed by atoms with E-state index in [1.165, 1.54) is 11.0 Å². The molecule has 2 heterocycles. The van der Waals surface area contributed by atoms with Crippen LogP contribution in [0.1, 0.15) is 12.5 Å². The van der Waals surface area contributed by atoms with E-state index < -0.39 is 35.5 Å². The molecular weight excluding hydrogens is 344 g/mol. The molecule has 0 fully saturated rings. The Kier molecular flexibility index (Phi) is 4.99. The molecule has 0 amide bonds. The molecular formula is C19H17F2NO4. The first-order valence-corrected chi connectivity index (χ1v) is 8.13. The number of ether oxygens (including phenoxy) is 1. The molecule has 2 unspecified atom stereocenters. The first-order chi connectivity index (χ1) is 12.4. The third kappa shape index (κ3) is 3.17. The standard InChI is InChI=1S/C19H17F2NO4/c1-2-26-19(25)16-17(23)12(9-11-6-7-13(20)14(21)10-11)15-5-3-4-8-22(15)18(16)24/h3-8,10,16,18,24H,2,9H2,1H3. The van der Waals surface area contributed by atoms with Crippen molar-refractivity contribution >= 4 is 11.8 Å². The van der Waals surface area contributed by atoms with E-state index in [2.05, 4.69) is 0 Å². The molecule has 0 aliphatic carbocycles. The summed E-state index contributed by atoms with van der Waals surface area (Å²) in [6.45, 7) is 1.67. The number of benzene rings is 1. The van der Waals surface area contributed by atoms with Gasteiger partial charge in [0.25, 0.3) is 0 Å². The second-order valence-electron chi connectivity index (χ2n) is 5.90. The summed E-state index contributed by atoms with van der Waals surface area (Å²) in [4.78, 5) is 26.5. The first kappa shape index (κ1) is 18.0. The number of Topliss-reactive ketones (excluding diaryl/α,β-unsaturated/α-hetero) is 1. The zero-order valence-electron chi connectivity index (χ0n) is 14.0. The van der Waals surface area contributed by atoms with Crippen molar-refractivity contribution < 1.29 is 28.2 Å². The average Bonchev–Trinajstić information content (AvgIpc) is 2.62. The van der Waals surface area contributed by atoms with Crippen LogP contribution in [0.15, 0.2) is 53.9 Å². The van der Waals surface area contributed by atoms with Gasteiger partial charge >= 0.3 is 5.97 Å². The van der Waals surface area contributed by atoms with Crippen molar-refractivity contribution in [3.63, 3.8) is 0 Å². The summed E-state index contributed by atoms with van der Waals surface area (Å²) >= 11 is 0. The van der Waals surface area contributed by atoms with Crippen LogP contribution in [0.2, 0.25) is 0 Å². The van der Waals surface area contributed by atoms with E-state index in [1.54, 1.807) is 31.4 Å². The van der Waals surface area contributed by atoms with Gasteiger partial charge in [-0.05, 0) is 36.8 Å². The predicted molar refractivity (Wildman–Crippen MR) is 88.3 cm³/mol. The minimum absolute atomic E-state index is 0.0112. The maximum Gasteiger partial charge on any atom is 0.321 e. The summed E-state index contributed by atoms with van der Waals surface area (Å²) in [7, 11) is 0. The van der Waals surface area contributed by atoms with Gasteiger partial charge in [-0.25, -0.2) is 8.78 Å². The van der Waals surface area contributed by atoms with Gasteiger partial charge < -0.3 is 14.7 Å². The lowest BCUT2D eigenvalue weighted by atomic mass is 9.85. The summed E-state index contributed by atoms with van der Waals surface area (Å²) in [5.74, 6) is -4.82. The molecule has 1 N–H and O–H groups in total. The predicted octanol–water partition coefficient (Wildman–Crippen LogP) is 2.23. The SMILES string of the molecule is CCOC(=O)C1C(=O)C(Cc2ccc(F)c(F)c2)=C2C=CC=CN2C1O. The van der Waals surface area contributed by atoms with E-state index >= 15 is 0 Å². The van der Waals surface area contributed by atoms with Gasteiger partial charge in [0.05, 0.1) is 12.3 Å². The van der Waals surface area contributed by atoms with Crippen LogP contribution >= 0.6 is 0 Å². The Hall–Kier alpha value is -2.80. The maximum absolute atomic E-state index is 13.5. The smallest absolute Gasteiger partial charge is 0.321 e. The van der Waals surface area contributed by atoms with Crippen molar-refractivity contribution in [1.29, 1.82) is 0 Å². The van der Waals surface area contributed by atoms with Crippen molar-refractivity contribution in [3.05, 3.63) is 71.1 Å². The molecule has 2 atom stereocenters. The number of nitrogens with zero attached hydrogens (tertiary/aromatic N) is 1. The highest BCUT2D eigenvalue weighted by Crippen LogP contribution is 2.33. The van der Waals surface area contributed by atoms with E-state index in [9.17, 15) is 23.5 Å². The molecule has 0 aromatic heterocycles. The molecule has 3 rings (SSSR count). The van der Waals surface area contributed by atoms with Gasteiger partial charge in [0.2, 0.25) is 0 Å². The van der Waals surface area contributed by atoms with Crippen molar-refractivity contribution in [2.24, 2.45) is 5.92 Å². The van der Waals surface area contributed by atoms with Gasteiger partial charge in [-0.15, -0.1) is 0 Å². The third-order valence-corrected chi connectivity index (χ3v) is 4.27. The van der Waals surface area contributed by atoms with Crippen molar-refractivity contribution in [2.75, 3.05) is 6.61 Å². The average molecular weight is 361 g/mol. The molecule has 1 aromatic carbocycles. The second kappa shape index (κ2) is 7.21. The molecule has 26 heavy (non-hydrogen) atoms. The van der Waals surface area contributed by atoms with Gasteiger partial charge in [-0.1, -0.05) is 12.1 Å². The summed E-state index contributed by atoms with van der Waals surface area (Å²) in [6.07, 6.45) is 5.10. The molecule has 0 bridgehead atoms. The van der Waals surface area contributed by atoms with Crippen LogP contribution in [0.25, 0.3) is 0 Å². The highest BCUT2D eigenvalue weighted by molar-refractivity contribution is 6.10. The van der Waals surface area contributed by atoms with Gasteiger partial charge in [0.15, 0.2) is 29.6 Å². The number of aliphatic hydroxyl groups excluding tert-OH is 1.